The Morgan fingerprint density at radius 3 is 1.00 bits per heavy atom. The van der Waals surface area contributed by atoms with E-state index in [1.54, 1.807) is 30.8 Å². The van der Waals surface area contributed by atoms with Gasteiger partial charge in [0.15, 0.2) is 0 Å². The molecule has 0 saturated heterocycles. The van der Waals surface area contributed by atoms with Crippen LogP contribution in [0, 0.1) is 0 Å². The molecule has 0 aliphatic carbocycles. The van der Waals surface area contributed by atoms with E-state index >= 15 is 0 Å². The Labute approximate surface area is 234 Å². The Morgan fingerprint density at radius 2 is 0.639 bits per heavy atom. The van der Waals surface area contributed by atoms with Crippen LogP contribution in [-0.4, -0.2) is 49.3 Å². The zero-order valence-electron chi connectivity index (χ0n) is 27.3. The van der Waals surface area contributed by atoms with Crippen molar-refractivity contribution in [2.24, 2.45) is 0 Å². The van der Waals surface area contributed by atoms with E-state index < -0.39 is 14.5 Å². The Balaban J connectivity index is 0. The second kappa shape index (κ2) is 28.9. The zero-order valence-corrected chi connectivity index (χ0v) is 29.2. The van der Waals surface area contributed by atoms with Crippen LogP contribution in [0.2, 0.25) is 0 Å². The smallest absolute Gasteiger partial charge is 0.0359 e. The van der Waals surface area contributed by atoms with Crippen molar-refractivity contribution in [3.8, 4) is 0 Å². The molecule has 0 bridgehead atoms. The molecule has 0 rings (SSSR count). The van der Waals surface area contributed by atoms with Gasteiger partial charge in [-0.15, -0.1) is 7.26 Å². The van der Waals surface area contributed by atoms with Gasteiger partial charge in [0.1, 0.15) is 0 Å². The van der Waals surface area contributed by atoms with Gasteiger partial charge in [0, 0.05) is 0 Å². The second-order valence-electron chi connectivity index (χ2n) is 12.1. The van der Waals surface area contributed by atoms with E-state index in [0.29, 0.717) is 0 Å². The number of unbranched alkanes of at least 4 members (excludes halogenated alkanes) is 13. The van der Waals surface area contributed by atoms with Gasteiger partial charge in [-0.05, 0) is 50.3 Å². The van der Waals surface area contributed by atoms with Gasteiger partial charge < -0.3 is 0 Å². The standard InChI is InChI=1S/C20H44P.C14H33P/c1-5-9-13-14-15-16-20-21(17-10-6-2,18-11-7-3)19-12-8-4;1-5-9-10-11-12-13-14-15(6-2,7-3)8-4/h5-20H2,1-4H3;15H,5-14H2,1-4H3. The third-order valence-corrected chi connectivity index (χ3v) is 20.2. The summed E-state index contributed by atoms with van der Waals surface area (Å²) in [6.45, 7) is 19.0. The predicted molar refractivity (Wildman–Crippen MR) is 183 cm³/mol. The average Bonchev–Trinajstić information content (AvgIpc) is 2.91. The van der Waals surface area contributed by atoms with E-state index in [0.717, 1.165) is 0 Å². The van der Waals surface area contributed by atoms with Crippen molar-refractivity contribution in [2.75, 3.05) is 49.3 Å². The van der Waals surface area contributed by atoms with Crippen LogP contribution in [0.1, 0.15) is 171 Å². The van der Waals surface area contributed by atoms with Crippen LogP contribution >= 0.6 is 14.5 Å². The third-order valence-electron chi connectivity index (χ3n) is 9.25. The van der Waals surface area contributed by atoms with Gasteiger partial charge in [-0.2, -0.15) is 0 Å². The molecule has 0 aromatic rings. The van der Waals surface area contributed by atoms with Gasteiger partial charge in [-0.3, -0.25) is 0 Å². The molecule has 0 unspecified atom stereocenters. The van der Waals surface area contributed by atoms with Gasteiger partial charge >= 0.3 is 98.1 Å². The summed E-state index contributed by atoms with van der Waals surface area (Å²) in [5, 5.41) is 0. The molecule has 0 aliphatic rings. The van der Waals surface area contributed by atoms with Crippen molar-refractivity contribution in [1.82, 2.24) is 0 Å². The summed E-state index contributed by atoms with van der Waals surface area (Å²) in [6.07, 6.45) is 38.9. The van der Waals surface area contributed by atoms with Gasteiger partial charge in [-0.25, -0.2) is 0 Å². The molecule has 0 atom stereocenters. The van der Waals surface area contributed by atoms with Crippen molar-refractivity contribution < 1.29 is 0 Å². The van der Waals surface area contributed by atoms with Crippen LogP contribution in [-0.2, 0) is 0 Å². The molecule has 0 amide bonds. The second-order valence-corrected chi connectivity index (χ2v) is 22.2. The van der Waals surface area contributed by atoms with Gasteiger partial charge in [0.2, 0.25) is 0 Å². The predicted octanol–water partition coefficient (Wildman–Crippen LogP) is 12.9. The van der Waals surface area contributed by atoms with Crippen molar-refractivity contribution >= 4 is 14.5 Å². The Bertz CT molecular complexity index is 372. The first-order valence-corrected chi connectivity index (χ1v) is 22.7. The fraction of sp³-hybridized carbons (Fsp3) is 1.00. The Kier molecular flexibility index (Phi) is 31.3. The van der Waals surface area contributed by atoms with Crippen LogP contribution < -0.4 is 0 Å². The maximum absolute atomic E-state index is 2.43. The Morgan fingerprint density at radius 1 is 0.333 bits per heavy atom. The largest absolute Gasteiger partial charge is 0.125 e. The van der Waals surface area contributed by atoms with Gasteiger partial charge in [0.25, 0.3) is 0 Å². The molecule has 0 aromatic heterocycles. The molecule has 1 radical (unpaired) electrons. The minimum absolute atomic E-state index is 0.601. The van der Waals surface area contributed by atoms with E-state index in [4.69, 9.17) is 0 Å². The van der Waals surface area contributed by atoms with Crippen LogP contribution in [0.15, 0.2) is 0 Å². The normalized spacial score (nSPS) is 12.4. The van der Waals surface area contributed by atoms with E-state index in [9.17, 15) is 0 Å². The summed E-state index contributed by atoms with van der Waals surface area (Å²) in [5.74, 6) is 0. The molecule has 36 heavy (non-hydrogen) atoms. The summed E-state index contributed by atoms with van der Waals surface area (Å²) in [6, 6.07) is 0. The fourth-order valence-electron chi connectivity index (χ4n) is 5.94. The molecule has 0 heterocycles. The van der Waals surface area contributed by atoms with E-state index in [-0.39, 0.29) is 0 Å². The molecular formula is C34H77P2. The monoisotopic (exact) mass is 548 g/mol. The van der Waals surface area contributed by atoms with E-state index in [1.165, 1.54) is 134 Å². The zero-order chi connectivity index (χ0) is 27.4. The molecule has 0 saturated carbocycles. The van der Waals surface area contributed by atoms with Gasteiger partial charge in [0.05, 0.1) is 0 Å². The van der Waals surface area contributed by atoms with Gasteiger partial charge in [-0.1, -0.05) is 79.1 Å². The van der Waals surface area contributed by atoms with Crippen LogP contribution in [0.3, 0.4) is 0 Å². The summed E-state index contributed by atoms with van der Waals surface area (Å²) in [4.78, 5) is 0. The molecular weight excluding hydrogens is 470 g/mol. The quantitative estimate of drug-likeness (QED) is 0.0746. The van der Waals surface area contributed by atoms with Crippen LogP contribution in [0.4, 0.5) is 0 Å². The van der Waals surface area contributed by atoms with Crippen LogP contribution in [0.5, 0.6) is 0 Å². The Hall–Kier alpha value is 0.860. The molecule has 0 fully saturated rings. The summed E-state index contributed by atoms with van der Waals surface area (Å²) in [7, 11) is -1.39. The molecule has 0 spiro atoms. The van der Waals surface area contributed by atoms with E-state index in [1.807, 2.05) is 0 Å². The number of hydrogen-bond donors (Lipinski definition) is 0. The molecule has 0 aromatic carbocycles. The number of rotatable bonds is 26. The fourth-order valence-corrected chi connectivity index (χ4v) is 14.7. The van der Waals surface area contributed by atoms with Crippen molar-refractivity contribution in [2.45, 2.75) is 171 Å². The third kappa shape index (κ3) is 21.8. The van der Waals surface area contributed by atoms with Crippen molar-refractivity contribution in [1.29, 1.82) is 0 Å². The first kappa shape index (κ1) is 39.0. The SMILES string of the molecule is CCCCCCCC[PH](CC)(CC)CC.CCCCCCCC[P](CCCC)(CCCC)CCCC. The maximum atomic E-state index is 2.43. The molecule has 223 valence electrons. The van der Waals surface area contributed by atoms with Crippen LogP contribution in [0.25, 0.3) is 0 Å². The summed E-state index contributed by atoms with van der Waals surface area (Å²) >= 11 is 0. The minimum Gasteiger partial charge on any atom is -0.125 e. The minimum atomic E-state index is -0.786. The van der Waals surface area contributed by atoms with E-state index in [2.05, 4.69) is 55.4 Å². The average molecular weight is 548 g/mol. The molecule has 0 nitrogen and oxygen atoms in total. The summed E-state index contributed by atoms with van der Waals surface area (Å²) < 4.78 is 0. The topological polar surface area (TPSA) is 0 Å². The van der Waals surface area contributed by atoms with Crippen molar-refractivity contribution in [3.05, 3.63) is 0 Å². The first-order chi connectivity index (χ1) is 17.5. The molecule has 2 heteroatoms. The molecule has 0 aliphatic heterocycles. The van der Waals surface area contributed by atoms with Crippen molar-refractivity contribution in [3.63, 3.8) is 0 Å². The maximum Gasteiger partial charge on any atom is -0.0359 e. The number of hydrogen-bond acceptors (Lipinski definition) is 0. The molecule has 0 N–H and O–H groups in total. The first-order valence-electron chi connectivity index (χ1n) is 17.3. The summed E-state index contributed by atoms with van der Waals surface area (Å²) in [5.41, 5.74) is 0.